The van der Waals surface area contributed by atoms with E-state index in [4.69, 9.17) is 4.74 Å². The summed E-state index contributed by atoms with van der Waals surface area (Å²) >= 11 is 0. The Kier molecular flexibility index (Phi) is 6.50. The van der Waals surface area contributed by atoms with E-state index in [1.807, 2.05) is 25.4 Å². The largest absolute Gasteiger partial charge is 0.489 e. The molecule has 0 aliphatic carbocycles. The predicted molar refractivity (Wildman–Crippen MR) is 77.4 cm³/mol. The minimum Gasteiger partial charge on any atom is -0.489 e. The lowest BCUT2D eigenvalue weighted by molar-refractivity contribution is 0.0963. The van der Waals surface area contributed by atoms with Gasteiger partial charge in [-0.1, -0.05) is 13.3 Å². The van der Waals surface area contributed by atoms with Crippen LogP contribution in [0.25, 0.3) is 0 Å². The van der Waals surface area contributed by atoms with E-state index in [9.17, 15) is 4.79 Å². The third-order valence-electron chi connectivity index (χ3n) is 2.69. The van der Waals surface area contributed by atoms with Crippen molar-refractivity contribution >= 4 is 5.91 Å². The summed E-state index contributed by atoms with van der Waals surface area (Å²) < 4.78 is 5.70. The first kappa shape index (κ1) is 15.1. The Bertz CT molecular complexity index is 424. The van der Waals surface area contributed by atoms with E-state index >= 15 is 0 Å². The van der Waals surface area contributed by atoms with Gasteiger partial charge in [0.1, 0.15) is 12.4 Å². The molecule has 1 rings (SSSR count). The third kappa shape index (κ3) is 5.04. The summed E-state index contributed by atoms with van der Waals surface area (Å²) in [5.41, 5.74) is 1.86. The van der Waals surface area contributed by atoms with Crippen LogP contribution in [0.2, 0.25) is 0 Å². The van der Waals surface area contributed by atoms with Gasteiger partial charge in [0.15, 0.2) is 0 Å². The smallest absolute Gasteiger partial charge is 0.251 e. The summed E-state index contributed by atoms with van der Waals surface area (Å²) in [6.45, 7) is 2.70. The summed E-state index contributed by atoms with van der Waals surface area (Å²) in [6.07, 6.45) is 4.08. The van der Waals surface area contributed by atoms with E-state index in [2.05, 4.69) is 17.6 Å². The molecule has 1 aromatic rings. The second-order valence-corrected chi connectivity index (χ2v) is 4.23. The fourth-order valence-corrected chi connectivity index (χ4v) is 1.73. The fourth-order valence-electron chi connectivity index (χ4n) is 1.73. The molecule has 0 heterocycles. The standard InChI is InChI=1S/C15H22N2O2/c1-4-5-12(10-16-2)11-19-14-8-6-13(7-9-14)15(18)17-3/h6-10,16H,4-5,11H2,1-3H3,(H,17,18)/b12-10+. The molecule has 0 saturated carbocycles. The average molecular weight is 262 g/mol. The van der Waals surface area contributed by atoms with Crippen molar-refractivity contribution in [3.8, 4) is 5.75 Å². The van der Waals surface area contributed by atoms with Crippen molar-refractivity contribution < 1.29 is 9.53 Å². The maximum absolute atomic E-state index is 11.4. The van der Waals surface area contributed by atoms with Crippen molar-refractivity contribution in [3.05, 3.63) is 41.6 Å². The van der Waals surface area contributed by atoms with Gasteiger partial charge >= 0.3 is 0 Å². The van der Waals surface area contributed by atoms with Crippen LogP contribution in [0.5, 0.6) is 5.75 Å². The summed E-state index contributed by atoms with van der Waals surface area (Å²) in [7, 11) is 3.50. The summed E-state index contributed by atoms with van der Waals surface area (Å²) in [5, 5.41) is 5.61. The Balaban J connectivity index is 2.58. The highest BCUT2D eigenvalue weighted by atomic mass is 16.5. The molecular formula is C15H22N2O2. The molecular weight excluding hydrogens is 240 g/mol. The molecule has 2 N–H and O–H groups in total. The molecule has 0 spiro atoms. The molecule has 104 valence electrons. The van der Waals surface area contributed by atoms with Crippen LogP contribution in [0, 0.1) is 0 Å². The van der Waals surface area contributed by atoms with Gasteiger partial charge in [0.2, 0.25) is 0 Å². The molecule has 0 bridgehead atoms. The summed E-state index contributed by atoms with van der Waals surface area (Å²) in [4.78, 5) is 11.4. The van der Waals surface area contributed by atoms with Crippen LogP contribution in [-0.2, 0) is 0 Å². The first-order valence-corrected chi connectivity index (χ1v) is 6.51. The lowest BCUT2D eigenvalue weighted by Crippen LogP contribution is -2.17. The molecule has 0 aliphatic heterocycles. The first-order chi connectivity index (χ1) is 9.21. The Labute approximate surface area is 114 Å². The van der Waals surface area contributed by atoms with Crippen LogP contribution in [-0.4, -0.2) is 26.6 Å². The monoisotopic (exact) mass is 262 g/mol. The average Bonchev–Trinajstić information content (AvgIpc) is 2.45. The van der Waals surface area contributed by atoms with Gasteiger partial charge in [0, 0.05) is 19.7 Å². The number of carbonyl (C=O) groups is 1. The van der Waals surface area contributed by atoms with Gasteiger partial charge in [-0.15, -0.1) is 0 Å². The van der Waals surface area contributed by atoms with Crippen molar-refractivity contribution in [3.63, 3.8) is 0 Å². The van der Waals surface area contributed by atoms with E-state index in [-0.39, 0.29) is 5.91 Å². The maximum Gasteiger partial charge on any atom is 0.251 e. The van der Waals surface area contributed by atoms with Gasteiger partial charge in [-0.3, -0.25) is 4.79 Å². The van der Waals surface area contributed by atoms with Crippen molar-refractivity contribution in [1.29, 1.82) is 0 Å². The molecule has 1 aromatic carbocycles. The number of hydrogen-bond acceptors (Lipinski definition) is 3. The van der Waals surface area contributed by atoms with Crippen molar-refractivity contribution in [2.24, 2.45) is 0 Å². The lowest BCUT2D eigenvalue weighted by atomic mass is 10.2. The maximum atomic E-state index is 11.4. The molecule has 0 atom stereocenters. The van der Waals surface area contributed by atoms with Crippen LogP contribution in [0.1, 0.15) is 30.1 Å². The quantitative estimate of drug-likeness (QED) is 0.793. The molecule has 0 fully saturated rings. The van der Waals surface area contributed by atoms with Crippen LogP contribution in [0.15, 0.2) is 36.0 Å². The molecule has 19 heavy (non-hydrogen) atoms. The number of amides is 1. The second-order valence-electron chi connectivity index (χ2n) is 4.23. The summed E-state index contributed by atoms with van der Waals surface area (Å²) in [6, 6.07) is 7.14. The zero-order chi connectivity index (χ0) is 14.1. The predicted octanol–water partition coefficient (Wildman–Crippen LogP) is 2.33. The highest BCUT2D eigenvalue weighted by molar-refractivity contribution is 5.94. The number of rotatable bonds is 7. The van der Waals surface area contributed by atoms with E-state index in [0.717, 1.165) is 18.6 Å². The van der Waals surface area contributed by atoms with Gasteiger partial charge in [0.05, 0.1) is 0 Å². The topological polar surface area (TPSA) is 50.4 Å². The molecule has 0 aliphatic rings. The van der Waals surface area contributed by atoms with Crippen molar-refractivity contribution in [2.45, 2.75) is 19.8 Å². The normalized spacial score (nSPS) is 11.0. The van der Waals surface area contributed by atoms with E-state index in [0.29, 0.717) is 12.2 Å². The first-order valence-electron chi connectivity index (χ1n) is 6.51. The number of hydrogen-bond donors (Lipinski definition) is 2. The van der Waals surface area contributed by atoms with Crippen LogP contribution < -0.4 is 15.4 Å². The fraction of sp³-hybridized carbons (Fsp3) is 0.400. The second kappa shape index (κ2) is 8.19. The highest BCUT2D eigenvalue weighted by Crippen LogP contribution is 2.14. The van der Waals surface area contributed by atoms with Gasteiger partial charge in [-0.25, -0.2) is 0 Å². The van der Waals surface area contributed by atoms with Gasteiger partial charge in [-0.05, 0) is 42.5 Å². The van der Waals surface area contributed by atoms with Gasteiger partial charge in [-0.2, -0.15) is 0 Å². The van der Waals surface area contributed by atoms with Crippen molar-refractivity contribution in [1.82, 2.24) is 10.6 Å². The Hall–Kier alpha value is -1.97. The van der Waals surface area contributed by atoms with Crippen LogP contribution in [0.4, 0.5) is 0 Å². The molecule has 4 nitrogen and oxygen atoms in total. The van der Waals surface area contributed by atoms with E-state index in [1.54, 1.807) is 19.2 Å². The highest BCUT2D eigenvalue weighted by Gasteiger charge is 2.03. The number of ether oxygens (including phenoxy) is 1. The number of carbonyl (C=O) groups excluding carboxylic acids is 1. The zero-order valence-corrected chi connectivity index (χ0v) is 11.8. The van der Waals surface area contributed by atoms with E-state index in [1.165, 1.54) is 5.57 Å². The van der Waals surface area contributed by atoms with E-state index < -0.39 is 0 Å². The molecule has 0 saturated heterocycles. The Morgan fingerprint density at radius 1 is 1.26 bits per heavy atom. The molecule has 1 amide bonds. The molecule has 0 aromatic heterocycles. The zero-order valence-electron chi connectivity index (χ0n) is 11.8. The minimum absolute atomic E-state index is 0.0895. The number of nitrogens with one attached hydrogen (secondary N) is 2. The minimum atomic E-state index is -0.0895. The van der Waals surface area contributed by atoms with Crippen LogP contribution in [0.3, 0.4) is 0 Å². The Morgan fingerprint density at radius 3 is 2.47 bits per heavy atom. The SMILES string of the molecule is CCC/C(=C\NC)COc1ccc(C(=O)NC)cc1. The van der Waals surface area contributed by atoms with Gasteiger partial charge in [0.25, 0.3) is 5.91 Å². The lowest BCUT2D eigenvalue weighted by Gasteiger charge is -2.10. The third-order valence-corrected chi connectivity index (χ3v) is 2.69. The number of benzene rings is 1. The van der Waals surface area contributed by atoms with Crippen LogP contribution >= 0.6 is 0 Å². The van der Waals surface area contributed by atoms with Gasteiger partial charge < -0.3 is 15.4 Å². The molecule has 0 radical (unpaired) electrons. The molecule has 0 unspecified atom stereocenters. The Morgan fingerprint density at radius 2 is 1.95 bits per heavy atom. The summed E-state index contributed by atoms with van der Waals surface area (Å²) in [5.74, 6) is 0.680. The molecule has 4 heteroatoms. The van der Waals surface area contributed by atoms with Crippen molar-refractivity contribution in [2.75, 3.05) is 20.7 Å².